The van der Waals surface area contributed by atoms with Crippen molar-refractivity contribution in [2.45, 2.75) is 78.5 Å². The van der Waals surface area contributed by atoms with E-state index in [1.54, 1.807) is 34.6 Å². The number of hydrogen-bond acceptors (Lipinski definition) is 7. The molecule has 0 bridgehead atoms. The summed E-state index contributed by atoms with van der Waals surface area (Å²) in [4.78, 5) is 25.5. The van der Waals surface area contributed by atoms with E-state index in [9.17, 15) is 30.0 Å². The van der Waals surface area contributed by atoms with Gasteiger partial charge in [0, 0.05) is 29.0 Å². The Morgan fingerprint density at radius 1 is 0.931 bits per heavy atom. The minimum atomic E-state index is -1.16. The van der Waals surface area contributed by atoms with E-state index >= 15 is 0 Å². The molecule has 0 aromatic carbocycles. The van der Waals surface area contributed by atoms with E-state index in [2.05, 4.69) is 15.9 Å². The largest absolute Gasteiger partial charge is 0.459 e. The van der Waals surface area contributed by atoms with Gasteiger partial charge in [-0.05, 0) is 19.3 Å². The summed E-state index contributed by atoms with van der Waals surface area (Å²) in [6, 6.07) is 0. The molecule has 0 radical (unpaired) electrons. The van der Waals surface area contributed by atoms with E-state index in [0.717, 1.165) is 0 Å². The first-order valence-electron chi connectivity index (χ1n) is 10.4. The number of rotatable bonds is 2. The maximum Gasteiger partial charge on any atom is 0.311 e. The number of aliphatic hydroxyl groups is 4. The first-order chi connectivity index (χ1) is 13.3. The molecule has 7 nitrogen and oxygen atoms in total. The summed E-state index contributed by atoms with van der Waals surface area (Å²) in [7, 11) is 0. The fraction of sp³-hybridized carbons (Fsp3) is 0.905. The lowest BCUT2D eigenvalue weighted by molar-refractivity contribution is -0.173. The van der Waals surface area contributed by atoms with Crippen molar-refractivity contribution in [3.8, 4) is 0 Å². The van der Waals surface area contributed by atoms with Crippen LogP contribution in [0.25, 0.3) is 0 Å². The van der Waals surface area contributed by atoms with Gasteiger partial charge >= 0.3 is 5.97 Å². The van der Waals surface area contributed by atoms with Gasteiger partial charge in [0.25, 0.3) is 0 Å². The van der Waals surface area contributed by atoms with Gasteiger partial charge in [-0.1, -0.05) is 50.5 Å². The predicted molar refractivity (Wildman–Crippen MR) is 112 cm³/mol. The van der Waals surface area contributed by atoms with Crippen molar-refractivity contribution in [2.75, 3.05) is 5.33 Å². The van der Waals surface area contributed by atoms with Crippen LogP contribution in [0.2, 0.25) is 0 Å². The summed E-state index contributed by atoms with van der Waals surface area (Å²) in [6.07, 6.45) is -4.95. The number of hydrogen-bond donors (Lipinski definition) is 4. The predicted octanol–water partition coefficient (Wildman–Crippen LogP) is 1.53. The van der Waals surface area contributed by atoms with Gasteiger partial charge in [0.05, 0.1) is 24.2 Å². The number of esters is 1. The molecule has 1 rings (SSSR count). The Labute approximate surface area is 182 Å². The van der Waals surface area contributed by atoms with Gasteiger partial charge < -0.3 is 25.2 Å². The van der Waals surface area contributed by atoms with Crippen LogP contribution >= 0.6 is 15.9 Å². The second kappa shape index (κ2) is 11.2. The summed E-state index contributed by atoms with van der Waals surface area (Å²) in [5, 5.41) is 42.5. The smallest absolute Gasteiger partial charge is 0.311 e. The van der Waals surface area contributed by atoms with Crippen molar-refractivity contribution in [1.29, 1.82) is 0 Å². The minimum Gasteiger partial charge on any atom is -0.459 e. The molecule has 0 saturated carbocycles. The Kier molecular flexibility index (Phi) is 10.2. The van der Waals surface area contributed by atoms with Gasteiger partial charge in [-0.3, -0.25) is 9.59 Å². The van der Waals surface area contributed by atoms with Crippen molar-refractivity contribution >= 4 is 27.7 Å². The highest BCUT2D eigenvalue weighted by Crippen LogP contribution is 2.31. The number of cyclic esters (lactones) is 1. The van der Waals surface area contributed by atoms with Crippen LogP contribution in [0.4, 0.5) is 0 Å². The lowest BCUT2D eigenvalue weighted by Gasteiger charge is -2.37. The van der Waals surface area contributed by atoms with Gasteiger partial charge in [0.1, 0.15) is 18.0 Å². The first kappa shape index (κ1) is 26.5. The summed E-state index contributed by atoms with van der Waals surface area (Å²) >= 11 is 3.16. The molecule has 1 heterocycles. The maximum absolute atomic E-state index is 12.9. The molecule has 1 aliphatic rings. The molecular weight excluding hydrogens is 444 g/mol. The molecule has 0 aliphatic carbocycles. The van der Waals surface area contributed by atoms with E-state index in [4.69, 9.17) is 4.74 Å². The van der Waals surface area contributed by atoms with Crippen LogP contribution in [0, 0.1) is 35.5 Å². The average molecular weight is 481 g/mol. The zero-order valence-corrected chi connectivity index (χ0v) is 19.7. The molecule has 8 heteroatoms. The molecule has 0 amide bonds. The second-order valence-electron chi connectivity index (χ2n) is 8.91. The normalized spacial score (nSPS) is 44.7. The monoisotopic (exact) mass is 480 g/mol. The van der Waals surface area contributed by atoms with Crippen LogP contribution in [-0.2, 0) is 14.3 Å². The van der Waals surface area contributed by atoms with Crippen molar-refractivity contribution in [2.24, 2.45) is 35.5 Å². The van der Waals surface area contributed by atoms with E-state index in [1.165, 1.54) is 6.92 Å². The molecule has 4 N–H and O–H groups in total. The fourth-order valence-corrected chi connectivity index (χ4v) is 4.63. The molecular formula is C21H37BrO7. The average Bonchev–Trinajstić information content (AvgIpc) is 2.71. The number of aliphatic hydroxyl groups excluding tert-OH is 4. The van der Waals surface area contributed by atoms with Crippen LogP contribution in [-0.4, -0.2) is 68.0 Å². The number of carbonyl (C=O) groups is 2. The zero-order valence-electron chi connectivity index (χ0n) is 18.2. The highest BCUT2D eigenvalue weighted by atomic mass is 79.9. The lowest BCUT2D eigenvalue weighted by atomic mass is 9.77. The van der Waals surface area contributed by atoms with E-state index in [-0.39, 0.29) is 17.0 Å². The van der Waals surface area contributed by atoms with Gasteiger partial charge in [0.2, 0.25) is 0 Å². The van der Waals surface area contributed by atoms with Crippen LogP contribution < -0.4 is 0 Å². The Balaban J connectivity index is 3.32. The number of carbonyl (C=O) groups excluding carboxylic acids is 2. The molecule has 29 heavy (non-hydrogen) atoms. The van der Waals surface area contributed by atoms with Gasteiger partial charge in [-0.25, -0.2) is 0 Å². The molecule has 1 fully saturated rings. The van der Waals surface area contributed by atoms with Crippen LogP contribution in [0.15, 0.2) is 0 Å². The molecule has 11 atom stereocenters. The molecule has 1 saturated heterocycles. The Hall–Kier alpha value is -0.540. The first-order valence-corrected chi connectivity index (χ1v) is 11.5. The summed E-state index contributed by atoms with van der Waals surface area (Å²) in [5.41, 5.74) is 0. The maximum atomic E-state index is 12.9. The summed E-state index contributed by atoms with van der Waals surface area (Å²) in [5.74, 6) is -4.53. The third-order valence-electron chi connectivity index (χ3n) is 6.56. The number of halogens is 1. The van der Waals surface area contributed by atoms with Gasteiger partial charge in [-0.2, -0.15) is 0 Å². The second-order valence-corrected chi connectivity index (χ2v) is 9.55. The molecule has 0 aromatic heterocycles. The van der Waals surface area contributed by atoms with Crippen molar-refractivity contribution < 1.29 is 34.8 Å². The van der Waals surface area contributed by atoms with Crippen LogP contribution in [0.3, 0.4) is 0 Å². The number of alkyl halides is 1. The third kappa shape index (κ3) is 6.23. The van der Waals surface area contributed by atoms with Gasteiger partial charge in [-0.15, -0.1) is 0 Å². The molecule has 1 aliphatic heterocycles. The SMILES string of the molecule is CC1CC(C)C(O)C(C)C(O)C(C)C(=O)OC(C(O)CBr)C(C)C(O)C(C)C1=O. The van der Waals surface area contributed by atoms with E-state index < -0.39 is 66.1 Å². The van der Waals surface area contributed by atoms with Gasteiger partial charge in [0.15, 0.2) is 0 Å². The number of Topliss-reactive ketones (excluding diaryl/α,β-unsaturated/α-hetero) is 1. The van der Waals surface area contributed by atoms with Crippen LogP contribution in [0.5, 0.6) is 0 Å². The lowest BCUT2D eigenvalue weighted by Crippen LogP contribution is -2.49. The molecule has 0 spiro atoms. The standard InChI is InChI=1S/C21H37BrO7/c1-9-7-10(2)17(25)12(4)19(27)14(6)21(28)29-20(15(23)8-22)13(5)18(26)11(3)16(9)24/h9-15,17-20,23,25-27H,7-8H2,1-6H3. The highest BCUT2D eigenvalue weighted by Gasteiger charge is 2.42. The quantitative estimate of drug-likeness (QED) is 0.348. The molecule has 11 unspecified atom stereocenters. The minimum absolute atomic E-state index is 0.115. The van der Waals surface area contributed by atoms with E-state index in [0.29, 0.717) is 6.42 Å². The number of ketones is 1. The fourth-order valence-electron chi connectivity index (χ4n) is 4.26. The topological polar surface area (TPSA) is 124 Å². The summed E-state index contributed by atoms with van der Waals surface area (Å²) in [6.45, 7) is 10.00. The Bertz CT molecular complexity index is 557. The van der Waals surface area contributed by atoms with E-state index in [1.807, 2.05) is 0 Å². The zero-order chi connectivity index (χ0) is 22.6. The van der Waals surface area contributed by atoms with Crippen molar-refractivity contribution in [3.05, 3.63) is 0 Å². The Morgan fingerprint density at radius 2 is 1.45 bits per heavy atom. The van der Waals surface area contributed by atoms with Crippen molar-refractivity contribution in [3.63, 3.8) is 0 Å². The Morgan fingerprint density at radius 3 is 1.97 bits per heavy atom. The highest BCUT2D eigenvalue weighted by molar-refractivity contribution is 9.09. The number of ether oxygens (including phenoxy) is 1. The molecule has 0 aromatic rings. The molecule has 170 valence electrons. The van der Waals surface area contributed by atoms with Crippen molar-refractivity contribution in [1.82, 2.24) is 0 Å². The van der Waals surface area contributed by atoms with Crippen LogP contribution in [0.1, 0.15) is 48.0 Å². The summed E-state index contributed by atoms with van der Waals surface area (Å²) < 4.78 is 5.50. The third-order valence-corrected chi connectivity index (χ3v) is 7.23.